The van der Waals surface area contributed by atoms with Gasteiger partial charge in [-0.3, -0.25) is 9.59 Å². The van der Waals surface area contributed by atoms with E-state index in [1.54, 1.807) is 32.3 Å². The third kappa shape index (κ3) is 4.84. The number of nitrogens with zero attached hydrogens (tertiary/aromatic N) is 1. The lowest BCUT2D eigenvalue weighted by Crippen LogP contribution is -2.23. The van der Waals surface area contributed by atoms with Crippen LogP contribution in [0.25, 0.3) is 0 Å². The second-order valence-electron chi connectivity index (χ2n) is 5.73. The Morgan fingerprint density at radius 3 is 2.33 bits per heavy atom. The lowest BCUT2D eigenvalue weighted by molar-refractivity contribution is -0.114. The predicted octanol–water partition coefficient (Wildman–Crippen LogP) is 3.00. The largest absolute Gasteiger partial charge is 0.376 e. The molecule has 0 unspecified atom stereocenters. The lowest BCUT2D eigenvalue weighted by atomic mass is 10.1. The Kier molecular flexibility index (Phi) is 5.95. The maximum atomic E-state index is 12.0. The Hall–Kier alpha value is -2.82. The fraction of sp³-hybridized carbons (Fsp3) is 0.263. The summed E-state index contributed by atoms with van der Waals surface area (Å²) >= 11 is 0. The summed E-state index contributed by atoms with van der Waals surface area (Å²) in [6.07, 6.45) is 0.970. The molecule has 5 nitrogen and oxygen atoms in total. The van der Waals surface area contributed by atoms with Crippen LogP contribution >= 0.6 is 0 Å². The van der Waals surface area contributed by atoms with E-state index in [-0.39, 0.29) is 18.4 Å². The van der Waals surface area contributed by atoms with Gasteiger partial charge in [-0.1, -0.05) is 25.1 Å². The summed E-state index contributed by atoms with van der Waals surface area (Å²) in [6, 6.07) is 14.9. The molecule has 5 heteroatoms. The minimum Gasteiger partial charge on any atom is -0.376 e. The van der Waals surface area contributed by atoms with E-state index in [0.717, 1.165) is 17.8 Å². The van der Waals surface area contributed by atoms with Crippen LogP contribution in [0.15, 0.2) is 48.5 Å². The lowest BCUT2D eigenvalue weighted by Gasteiger charge is -2.12. The molecule has 2 aromatic carbocycles. The minimum absolute atomic E-state index is 0.0703. The number of hydrogen-bond acceptors (Lipinski definition) is 3. The van der Waals surface area contributed by atoms with Gasteiger partial charge in [0.2, 0.25) is 5.91 Å². The molecule has 0 aliphatic rings. The summed E-state index contributed by atoms with van der Waals surface area (Å²) in [6.45, 7) is 2.22. The SMILES string of the molecule is CCc1ccc(NC(=O)CNc2cccc(C(=O)N(C)C)c2)cc1. The van der Waals surface area contributed by atoms with Gasteiger partial charge in [0, 0.05) is 31.0 Å². The van der Waals surface area contributed by atoms with E-state index in [4.69, 9.17) is 0 Å². The van der Waals surface area contributed by atoms with Crippen LogP contribution in [-0.2, 0) is 11.2 Å². The summed E-state index contributed by atoms with van der Waals surface area (Å²) in [5, 5.41) is 5.88. The molecule has 0 fully saturated rings. The van der Waals surface area contributed by atoms with Crippen molar-refractivity contribution in [1.29, 1.82) is 0 Å². The molecule has 0 heterocycles. The number of carbonyl (C=O) groups excluding carboxylic acids is 2. The summed E-state index contributed by atoms with van der Waals surface area (Å²) < 4.78 is 0. The molecule has 24 heavy (non-hydrogen) atoms. The molecule has 2 amide bonds. The Balaban J connectivity index is 1.91. The first-order valence-electron chi connectivity index (χ1n) is 7.94. The van der Waals surface area contributed by atoms with Gasteiger partial charge in [0.15, 0.2) is 0 Å². The molecule has 0 aromatic heterocycles. The number of anilines is 2. The van der Waals surface area contributed by atoms with E-state index in [2.05, 4.69) is 17.6 Å². The minimum atomic E-state index is -0.136. The van der Waals surface area contributed by atoms with Crippen molar-refractivity contribution in [3.05, 3.63) is 59.7 Å². The first kappa shape index (κ1) is 17.5. The Labute approximate surface area is 142 Å². The topological polar surface area (TPSA) is 61.4 Å². The van der Waals surface area contributed by atoms with Crippen molar-refractivity contribution < 1.29 is 9.59 Å². The van der Waals surface area contributed by atoms with Gasteiger partial charge in [-0.05, 0) is 42.3 Å². The average Bonchev–Trinajstić information content (AvgIpc) is 2.60. The predicted molar refractivity (Wildman–Crippen MR) is 97.4 cm³/mol. The van der Waals surface area contributed by atoms with E-state index in [1.165, 1.54) is 10.5 Å². The molecule has 2 aromatic rings. The summed E-state index contributed by atoms with van der Waals surface area (Å²) in [5.74, 6) is -0.206. The Morgan fingerprint density at radius 1 is 1.00 bits per heavy atom. The number of hydrogen-bond donors (Lipinski definition) is 2. The van der Waals surface area contributed by atoms with E-state index in [9.17, 15) is 9.59 Å². The maximum Gasteiger partial charge on any atom is 0.253 e. The zero-order chi connectivity index (χ0) is 17.5. The Morgan fingerprint density at radius 2 is 1.71 bits per heavy atom. The van der Waals surface area contributed by atoms with Crippen LogP contribution in [0.2, 0.25) is 0 Å². The monoisotopic (exact) mass is 325 g/mol. The van der Waals surface area contributed by atoms with Crippen LogP contribution in [0.3, 0.4) is 0 Å². The molecular formula is C19H23N3O2. The quantitative estimate of drug-likeness (QED) is 0.858. The molecule has 0 aliphatic heterocycles. The fourth-order valence-electron chi connectivity index (χ4n) is 2.23. The molecule has 0 aliphatic carbocycles. The van der Waals surface area contributed by atoms with Crippen LogP contribution in [0, 0.1) is 0 Å². The fourth-order valence-corrected chi connectivity index (χ4v) is 2.23. The summed E-state index contributed by atoms with van der Waals surface area (Å²) in [7, 11) is 3.42. The van der Waals surface area contributed by atoms with Gasteiger partial charge in [0.05, 0.1) is 6.54 Å². The summed E-state index contributed by atoms with van der Waals surface area (Å²) in [4.78, 5) is 25.5. The van der Waals surface area contributed by atoms with Gasteiger partial charge < -0.3 is 15.5 Å². The highest BCUT2D eigenvalue weighted by Gasteiger charge is 2.08. The van der Waals surface area contributed by atoms with Crippen LogP contribution in [0.5, 0.6) is 0 Å². The summed E-state index contributed by atoms with van der Waals surface area (Å²) in [5.41, 5.74) is 3.32. The second-order valence-corrected chi connectivity index (χ2v) is 5.73. The number of nitrogens with one attached hydrogen (secondary N) is 2. The third-order valence-electron chi connectivity index (χ3n) is 3.61. The Bertz CT molecular complexity index is 709. The molecule has 0 saturated carbocycles. The van der Waals surface area contributed by atoms with Crippen molar-refractivity contribution in [2.24, 2.45) is 0 Å². The number of carbonyl (C=O) groups is 2. The van der Waals surface area contributed by atoms with Gasteiger partial charge in [0.25, 0.3) is 5.91 Å². The van der Waals surface area contributed by atoms with Crippen LogP contribution in [0.4, 0.5) is 11.4 Å². The van der Waals surface area contributed by atoms with E-state index >= 15 is 0 Å². The molecule has 0 radical (unpaired) electrons. The number of aryl methyl sites for hydroxylation is 1. The highest BCUT2D eigenvalue weighted by Crippen LogP contribution is 2.13. The second kappa shape index (κ2) is 8.15. The molecule has 0 spiro atoms. The molecular weight excluding hydrogens is 302 g/mol. The zero-order valence-corrected chi connectivity index (χ0v) is 14.3. The molecule has 2 rings (SSSR count). The molecule has 0 saturated heterocycles. The highest BCUT2D eigenvalue weighted by atomic mass is 16.2. The molecule has 126 valence electrons. The number of benzene rings is 2. The van der Waals surface area contributed by atoms with Crippen molar-refractivity contribution >= 4 is 23.2 Å². The van der Waals surface area contributed by atoms with E-state index in [1.807, 2.05) is 30.3 Å². The first-order chi connectivity index (χ1) is 11.5. The highest BCUT2D eigenvalue weighted by molar-refractivity contribution is 5.96. The standard InChI is InChI=1S/C19H23N3O2/c1-4-14-8-10-16(11-9-14)21-18(23)13-20-17-7-5-6-15(12-17)19(24)22(2)3/h5-12,20H,4,13H2,1-3H3,(H,21,23). The van der Waals surface area contributed by atoms with Gasteiger partial charge in [-0.15, -0.1) is 0 Å². The third-order valence-corrected chi connectivity index (χ3v) is 3.61. The van der Waals surface area contributed by atoms with E-state index in [0.29, 0.717) is 5.56 Å². The molecule has 0 atom stereocenters. The molecule has 0 bridgehead atoms. The van der Waals surface area contributed by atoms with Gasteiger partial charge in [-0.2, -0.15) is 0 Å². The van der Waals surface area contributed by atoms with Crippen LogP contribution < -0.4 is 10.6 Å². The van der Waals surface area contributed by atoms with Crippen molar-refractivity contribution in [2.45, 2.75) is 13.3 Å². The van der Waals surface area contributed by atoms with Gasteiger partial charge in [-0.25, -0.2) is 0 Å². The van der Waals surface area contributed by atoms with Crippen molar-refractivity contribution in [3.8, 4) is 0 Å². The van der Waals surface area contributed by atoms with Gasteiger partial charge in [0.1, 0.15) is 0 Å². The maximum absolute atomic E-state index is 12.0. The molecule has 2 N–H and O–H groups in total. The zero-order valence-electron chi connectivity index (χ0n) is 14.3. The number of amides is 2. The van der Waals surface area contributed by atoms with E-state index < -0.39 is 0 Å². The van der Waals surface area contributed by atoms with Crippen molar-refractivity contribution in [3.63, 3.8) is 0 Å². The first-order valence-corrected chi connectivity index (χ1v) is 7.94. The van der Waals surface area contributed by atoms with Crippen molar-refractivity contribution in [2.75, 3.05) is 31.3 Å². The smallest absolute Gasteiger partial charge is 0.253 e. The number of rotatable bonds is 6. The van der Waals surface area contributed by atoms with Crippen LogP contribution in [-0.4, -0.2) is 37.4 Å². The van der Waals surface area contributed by atoms with Crippen LogP contribution in [0.1, 0.15) is 22.8 Å². The normalized spacial score (nSPS) is 10.1. The average molecular weight is 325 g/mol. The van der Waals surface area contributed by atoms with Gasteiger partial charge >= 0.3 is 0 Å². The van der Waals surface area contributed by atoms with Crippen molar-refractivity contribution in [1.82, 2.24) is 4.90 Å².